The lowest BCUT2D eigenvalue weighted by atomic mass is 10.1. The maximum Gasteiger partial charge on any atom is 0.227 e. The van der Waals surface area contributed by atoms with Crippen molar-refractivity contribution >= 4 is 11.6 Å². The average molecular weight is 223 g/mol. The van der Waals surface area contributed by atoms with Crippen LogP contribution in [0.2, 0.25) is 0 Å². The molecule has 0 aliphatic carbocycles. The first-order valence-electron chi connectivity index (χ1n) is 5.61. The molecule has 1 aromatic rings. The van der Waals surface area contributed by atoms with Crippen LogP contribution in [0.3, 0.4) is 0 Å². The molecule has 0 saturated carbocycles. The lowest BCUT2D eigenvalue weighted by Gasteiger charge is -2.12. The Balaban J connectivity index is 2.69. The van der Waals surface area contributed by atoms with E-state index in [-0.39, 0.29) is 17.6 Å². The Morgan fingerprint density at radius 3 is 2.75 bits per heavy atom. The minimum Gasteiger partial charge on any atom is -0.326 e. The Morgan fingerprint density at radius 1 is 1.50 bits per heavy atom. The highest BCUT2D eigenvalue weighted by atomic mass is 19.1. The van der Waals surface area contributed by atoms with Crippen molar-refractivity contribution in [3.05, 3.63) is 29.6 Å². The number of hydrogen-bond acceptors (Lipinski definition) is 1. The molecule has 0 aliphatic heterocycles. The third-order valence-electron chi connectivity index (χ3n) is 2.62. The summed E-state index contributed by atoms with van der Waals surface area (Å²) in [6.45, 7) is 5.73. The highest BCUT2D eigenvalue weighted by Gasteiger charge is 2.12. The van der Waals surface area contributed by atoms with Gasteiger partial charge in [0.25, 0.3) is 0 Å². The summed E-state index contributed by atoms with van der Waals surface area (Å²) in [4.78, 5) is 11.7. The quantitative estimate of drug-likeness (QED) is 0.831. The fraction of sp³-hybridized carbons (Fsp3) is 0.462. The minimum absolute atomic E-state index is 0.00319. The van der Waals surface area contributed by atoms with Gasteiger partial charge in [0.1, 0.15) is 5.82 Å². The molecule has 0 bridgehead atoms. The molecule has 0 heterocycles. The van der Waals surface area contributed by atoms with E-state index < -0.39 is 0 Å². The van der Waals surface area contributed by atoms with Crippen molar-refractivity contribution in [1.82, 2.24) is 0 Å². The van der Waals surface area contributed by atoms with Crippen LogP contribution in [0.25, 0.3) is 0 Å². The van der Waals surface area contributed by atoms with Crippen LogP contribution in [0.4, 0.5) is 10.1 Å². The summed E-state index contributed by atoms with van der Waals surface area (Å²) in [6, 6.07) is 4.37. The van der Waals surface area contributed by atoms with Crippen LogP contribution in [0.15, 0.2) is 18.2 Å². The van der Waals surface area contributed by atoms with Crippen LogP contribution < -0.4 is 5.32 Å². The minimum atomic E-state index is -0.280. The van der Waals surface area contributed by atoms with Crippen LogP contribution in [0.5, 0.6) is 0 Å². The Morgan fingerprint density at radius 2 is 2.19 bits per heavy atom. The topological polar surface area (TPSA) is 29.1 Å². The van der Waals surface area contributed by atoms with Crippen molar-refractivity contribution in [2.75, 3.05) is 5.32 Å². The number of nitrogens with one attached hydrogen (secondary N) is 1. The molecular weight excluding hydrogens is 205 g/mol. The highest BCUT2D eigenvalue weighted by molar-refractivity contribution is 5.92. The number of rotatable bonds is 4. The molecule has 88 valence electrons. The maximum absolute atomic E-state index is 12.9. The number of anilines is 1. The van der Waals surface area contributed by atoms with Gasteiger partial charge in [0, 0.05) is 11.6 Å². The number of aryl methyl sites for hydroxylation is 1. The smallest absolute Gasteiger partial charge is 0.227 e. The molecule has 2 nitrogen and oxygen atoms in total. The third-order valence-corrected chi connectivity index (χ3v) is 2.62. The van der Waals surface area contributed by atoms with Gasteiger partial charge in [0.2, 0.25) is 5.91 Å². The molecule has 0 aromatic heterocycles. The Bertz CT molecular complexity index is 376. The largest absolute Gasteiger partial charge is 0.326 e. The van der Waals surface area contributed by atoms with Crippen LogP contribution in [0.1, 0.15) is 32.3 Å². The molecule has 1 atom stereocenters. The first-order valence-corrected chi connectivity index (χ1v) is 5.61. The summed E-state index contributed by atoms with van der Waals surface area (Å²) in [7, 11) is 0. The molecule has 1 aromatic carbocycles. The Kier molecular flexibility index (Phi) is 4.47. The van der Waals surface area contributed by atoms with Crippen LogP contribution in [-0.4, -0.2) is 5.91 Å². The normalized spacial score (nSPS) is 12.2. The van der Waals surface area contributed by atoms with E-state index in [9.17, 15) is 9.18 Å². The standard InChI is InChI=1S/C13H18FNO/c1-4-5-9(2)13(16)15-12-7-6-11(14)8-10(12)3/h6-9H,4-5H2,1-3H3,(H,15,16)/t9-/m0/s1. The summed E-state index contributed by atoms with van der Waals surface area (Å²) in [5.74, 6) is -0.289. The first kappa shape index (κ1) is 12.7. The molecule has 0 fully saturated rings. The summed E-state index contributed by atoms with van der Waals surface area (Å²) >= 11 is 0. The highest BCUT2D eigenvalue weighted by Crippen LogP contribution is 2.17. The van der Waals surface area contributed by atoms with Crippen LogP contribution >= 0.6 is 0 Å². The summed E-state index contributed by atoms with van der Waals surface area (Å²) in [5, 5.41) is 2.82. The van der Waals surface area contributed by atoms with Gasteiger partial charge in [0.05, 0.1) is 0 Å². The predicted octanol–water partition coefficient (Wildman–Crippen LogP) is 3.51. The molecular formula is C13H18FNO. The van der Waals surface area contributed by atoms with Crippen molar-refractivity contribution in [2.24, 2.45) is 5.92 Å². The van der Waals surface area contributed by atoms with Gasteiger partial charge in [-0.2, -0.15) is 0 Å². The lowest BCUT2D eigenvalue weighted by Crippen LogP contribution is -2.20. The average Bonchev–Trinajstić information content (AvgIpc) is 2.22. The van der Waals surface area contributed by atoms with E-state index in [0.717, 1.165) is 18.4 Å². The molecule has 0 saturated heterocycles. The lowest BCUT2D eigenvalue weighted by molar-refractivity contribution is -0.119. The zero-order valence-corrected chi connectivity index (χ0v) is 10.0. The van der Waals surface area contributed by atoms with Crippen molar-refractivity contribution in [2.45, 2.75) is 33.6 Å². The molecule has 0 aliphatic rings. The molecule has 3 heteroatoms. The number of carbonyl (C=O) groups is 1. The van der Waals surface area contributed by atoms with Crippen LogP contribution in [-0.2, 0) is 4.79 Å². The molecule has 16 heavy (non-hydrogen) atoms. The Labute approximate surface area is 95.9 Å². The zero-order chi connectivity index (χ0) is 12.1. The van der Waals surface area contributed by atoms with E-state index in [0.29, 0.717) is 5.69 Å². The second kappa shape index (κ2) is 5.64. The van der Waals surface area contributed by atoms with Gasteiger partial charge in [0.15, 0.2) is 0 Å². The third kappa shape index (κ3) is 3.33. The van der Waals surface area contributed by atoms with Crippen LogP contribution in [0, 0.1) is 18.7 Å². The van der Waals surface area contributed by atoms with Gasteiger partial charge >= 0.3 is 0 Å². The summed E-state index contributed by atoms with van der Waals surface area (Å²) in [6.07, 6.45) is 1.85. The molecule has 1 N–H and O–H groups in total. The zero-order valence-electron chi connectivity index (χ0n) is 10.0. The number of amides is 1. The van der Waals surface area contributed by atoms with E-state index in [2.05, 4.69) is 5.32 Å². The van der Waals surface area contributed by atoms with E-state index in [1.807, 2.05) is 13.8 Å². The fourth-order valence-corrected chi connectivity index (χ4v) is 1.59. The van der Waals surface area contributed by atoms with Gasteiger partial charge in [-0.25, -0.2) is 4.39 Å². The summed E-state index contributed by atoms with van der Waals surface area (Å²) in [5.41, 5.74) is 1.44. The number of halogens is 1. The van der Waals surface area contributed by atoms with E-state index in [1.165, 1.54) is 12.1 Å². The van der Waals surface area contributed by atoms with Gasteiger partial charge in [-0.1, -0.05) is 20.3 Å². The number of benzene rings is 1. The molecule has 0 unspecified atom stereocenters. The Hall–Kier alpha value is -1.38. The van der Waals surface area contributed by atoms with Crippen molar-refractivity contribution in [1.29, 1.82) is 0 Å². The van der Waals surface area contributed by atoms with Gasteiger partial charge in [-0.3, -0.25) is 4.79 Å². The monoisotopic (exact) mass is 223 g/mol. The molecule has 0 radical (unpaired) electrons. The second-order valence-electron chi connectivity index (χ2n) is 4.14. The van der Waals surface area contributed by atoms with Crippen molar-refractivity contribution in [3.63, 3.8) is 0 Å². The SMILES string of the molecule is CCC[C@H](C)C(=O)Nc1ccc(F)cc1C. The van der Waals surface area contributed by atoms with Crippen molar-refractivity contribution in [3.8, 4) is 0 Å². The van der Waals surface area contributed by atoms with E-state index in [1.54, 1.807) is 13.0 Å². The predicted molar refractivity (Wildman–Crippen MR) is 63.8 cm³/mol. The number of hydrogen-bond donors (Lipinski definition) is 1. The van der Waals surface area contributed by atoms with E-state index >= 15 is 0 Å². The summed E-state index contributed by atoms with van der Waals surface area (Å²) < 4.78 is 12.9. The van der Waals surface area contributed by atoms with Gasteiger partial charge in [-0.15, -0.1) is 0 Å². The van der Waals surface area contributed by atoms with Gasteiger partial charge < -0.3 is 5.32 Å². The van der Waals surface area contributed by atoms with Gasteiger partial charge in [-0.05, 0) is 37.1 Å². The molecule has 0 spiro atoms. The second-order valence-corrected chi connectivity index (χ2v) is 4.14. The molecule has 1 rings (SSSR count). The van der Waals surface area contributed by atoms with Crippen molar-refractivity contribution < 1.29 is 9.18 Å². The first-order chi connectivity index (χ1) is 7.54. The fourth-order valence-electron chi connectivity index (χ4n) is 1.59. The maximum atomic E-state index is 12.9. The molecule has 1 amide bonds. The number of carbonyl (C=O) groups excluding carboxylic acids is 1. The van der Waals surface area contributed by atoms with E-state index in [4.69, 9.17) is 0 Å².